The zero-order valence-electron chi connectivity index (χ0n) is 8.52. The van der Waals surface area contributed by atoms with E-state index in [1.54, 1.807) is 13.8 Å². The summed E-state index contributed by atoms with van der Waals surface area (Å²) in [6.45, 7) is 3.34. The first kappa shape index (κ1) is 13.7. The standard InChI is InChI=1S/C10H13NO3.ClH/c1-5-3-7(10(13)14)4-8(6(2)11)9(5)12;/h3-4,6,12H,11H2,1-2H3,(H,13,14);1H/t6-;/m0./s1. The van der Waals surface area contributed by atoms with Crippen LogP contribution in [-0.4, -0.2) is 16.2 Å². The molecule has 1 aromatic rings. The molecular weight excluding hydrogens is 218 g/mol. The molecule has 0 aliphatic heterocycles. The minimum Gasteiger partial charge on any atom is -0.507 e. The Bertz CT molecular complexity index is 377. The number of phenolic OH excluding ortho intramolecular Hbond substituents is 1. The largest absolute Gasteiger partial charge is 0.507 e. The fourth-order valence-corrected chi connectivity index (χ4v) is 1.28. The molecular formula is C10H14ClNO3. The lowest BCUT2D eigenvalue weighted by Crippen LogP contribution is -2.08. The van der Waals surface area contributed by atoms with Crippen LogP contribution in [0.2, 0.25) is 0 Å². The lowest BCUT2D eigenvalue weighted by atomic mass is 10.0. The van der Waals surface area contributed by atoms with E-state index in [1.807, 2.05) is 0 Å². The Kier molecular flexibility index (Phi) is 4.58. The number of halogens is 1. The number of aromatic carboxylic acids is 1. The fourth-order valence-electron chi connectivity index (χ4n) is 1.28. The fraction of sp³-hybridized carbons (Fsp3) is 0.300. The van der Waals surface area contributed by atoms with E-state index in [2.05, 4.69) is 0 Å². The van der Waals surface area contributed by atoms with Crippen molar-refractivity contribution in [2.75, 3.05) is 0 Å². The molecule has 0 aliphatic rings. The van der Waals surface area contributed by atoms with Gasteiger partial charge in [0.2, 0.25) is 0 Å². The SMILES string of the molecule is Cc1cc(C(=O)O)cc([C@H](C)N)c1O.Cl. The predicted octanol–water partition coefficient (Wildman–Crippen LogP) is 1.84. The van der Waals surface area contributed by atoms with Crippen LogP contribution in [-0.2, 0) is 0 Å². The van der Waals surface area contributed by atoms with Crippen LogP contribution in [0.25, 0.3) is 0 Å². The smallest absolute Gasteiger partial charge is 0.335 e. The molecule has 84 valence electrons. The summed E-state index contributed by atoms with van der Waals surface area (Å²) in [6.07, 6.45) is 0. The molecule has 0 amide bonds. The quantitative estimate of drug-likeness (QED) is 0.725. The highest BCUT2D eigenvalue weighted by Crippen LogP contribution is 2.27. The van der Waals surface area contributed by atoms with Crippen LogP contribution in [0.4, 0.5) is 0 Å². The van der Waals surface area contributed by atoms with Gasteiger partial charge in [-0.05, 0) is 31.5 Å². The number of hydrogen-bond acceptors (Lipinski definition) is 3. The zero-order valence-corrected chi connectivity index (χ0v) is 9.34. The second kappa shape index (κ2) is 5.00. The third kappa shape index (κ3) is 2.84. The summed E-state index contributed by atoms with van der Waals surface area (Å²) < 4.78 is 0. The Morgan fingerprint density at radius 1 is 1.47 bits per heavy atom. The van der Waals surface area contributed by atoms with Gasteiger partial charge in [0, 0.05) is 11.6 Å². The minimum atomic E-state index is -1.02. The number of carboxylic acid groups (broad SMARTS) is 1. The molecule has 1 atom stereocenters. The van der Waals surface area contributed by atoms with Crippen molar-refractivity contribution in [2.45, 2.75) is 19.9 Å². The monoisotopic (exact) mass is 231 g/mol. The summed E-state index contributed by atoms with van der Waals surface area (Å²) in [5.74, 6) is -0.944. The van der Waals surface area contributed by atoms with Crippen molar-refractivity contribution >= 4 is 18.4 Å². The molecule has 1 rings (SSSR count). The van der Waals surface area contributed by atoms with Gasteiger partial charge in [0.05, 0.1) is 5.56 Å². The van der Waals surface area contributed by atoms with Crippen LogP contribution in [0.1, 0.15) is 34.5 Å². The van der Waals surface area contributed by atoms with E-state index in [-0.39, 0.29) is 29.8 Å². The van der Waals surface area contributed by atoms with E-state index in [1.165, 1.54) is 12.1 Å². The van der Waals surface area contributed by atoms with Crippen LogP contribution in [0.15, 0.2) is 12.1 Å². The summed E-state index contributed by atoms with van der Waals surface area (Å²) in [7, 11) is 0. The number of nitrogens with two attached hydrogens (primary N) is 1. The van der Waals surface area contributed by atoms with Crippen molar-refractivity contribution in [2.24, 2.45) is 5.73 Å². The van der Waals surface area contributed by atoms with Crippen LogP contribution in [0, 0.1) is 6.92 Å². The summed E-state index contributed by atoms with van der Waals surface area (Å²) in [6, 6.07) is 2.44. The second-order valence-electron chi connectivity index (χ2n) is 3.32. The number of benzene rings is 1. The summed E-state index contributed by atoms with van der Waals surface area (Å²) in [5.41, 5.74) is 6.73. The number of carboxylic acids is 1. The van der Waals surface area contributed by atoms with Crippen LogP contribution < -0.4 is 5.73 Å². The Hall–Kier alpha value is -1.26. The van der Waals surface area contributed by atoms with Crippen LogP contribution >= 0.6 is 12.4 Å². The van der Waals surface area contributed by atoms with Crippen molar-refractivity contribution < 1.29 is 15.0 Å². The van der Waals surface area contributed by atoms with Crippen molar-refractivity contribution in [3.05, 3.63) is 28.8 Å². The highest BCUT2D eigenvalue weighted by molar-refractivity contribution is 5.88. The maximum absolute atomic E-state index is 10.7. The van der Waals surface area contributed by atoms with Gasteiger partial charge >= 0.3 is 5.97 Å². The molecule has 4 nitrogen and oxygen atoms in total. The molecule has 0 radical (unpaired) electrons. The van der Waals surface area contributed by atoms with E-state index in [9.17, 15) is 9.90 Å². The van der Waals surface area contributed by atoms with Gasteiger partial charge < -0.3 is 15.9 Å². The zero-order chi connectivity index (χ0) is 10.9. The molecule has 0 heterocycles. The molecule has 0 unspecified atom stereocenters. The van der Waals surface area contributed by atoms with Crippen molar-refractivity contribution in [3.63, 3.8) is 0 Å². The maximum atomic E-state index is 10.7. The number of aryl methyl sites for hydroxylation is 1. The Labute approximate surface area is 94.1 Å². The third-order valence-electron chi connectivity index (χ3n) is 2.07. The molecule has 0 aromatic heterocycles. The average molecular weight is 232 g/mol. The van der Waals surface area contributed by atoms with E-state index < -0.39 is 5.97 Å². The molecule has 0 saturated carbocycles. The van der Waals surface area contributed by atoms with Gasteiger partial charge in [-0.15, -0.1) is 12.4 Å². The van der Waals surface area contributed by atoms with E-state index in [0.29, 0.717) is 11.1 Å². The first-order valence-electron chi connectivity index (χ1n) is 4.26. The van der Waals surface area contributed by atoms with Gasteiger partial charge in [-0.1, -0.05) is 0 Å². The molecule has 1 aromatic carbocycles. The summed E-state index contributed by atoms with van der Waals surface area (Å²) >= 11 is 0. The topological polar surface area (TPSA) is 83.5 Å². The van der Waals surface area contributed by atoms with Gasteiger partial charge in [-0.25, -0.2) is 4.79 Å². The number of hydrogen-bond donors (Lipinski definition) is 3. The predicted molar refractivity (Wildman–Crippen MR) is 59.7 cm³/mol. The number of rotatable bonds is 2. The van der Waals surface area contributed by atoms with Gasteiger partial charge in [0.25, 0.3) is 0 Å². The molecule has 0 saturated heterocycles. The molecule has 15 heavy (non-hydrogen) atoms. The van der Waals surface area contributed by atoms with Crippen molar-refractivity contribution in [1.82, 2.24) is 0 Å². The molecule has 0 fully saturated rings. The number of phenols is 1. The van der Waals surface area contributed by atoms with E-state index in [4.69, 9.17) is 10.8 Å². The summed E-state index contributed by atoms with van der Waals surface area (Å²) in [5, 5.41) is 18.4. The first-order chi connectivity index (χ1) is 6.43. The molecule has 0 aliphatic carbocycles. The van der Waals surface area contributed by atoms with Crippen LogP contribution in [0.5, 0.6) is 5.75 Å². The van der Waals surface area contributed by atoms with Gasteiger partial charge in [0.1, 0.15) is 5.75 Å². The average Bonchev–Trinajstić information content (AvgIpc) is 2.08. The molecule has 5 heteroatoms. The Morgan fingerprint density at radius 2 is 2.00 bits per heavy atom. The minimum absolute atomic E-state index is 0. The Balaban J connectivity index is 0.00000196. The van der Waals surface area contributed by atoms with Crippen molar-refractivity contribution in [3.8, 4) is 5.75 Å². The maximum Gasteiger partial charge on any atom is 0.335 e. The molecule has 0 spiro atoms. The van der Waals surface area contributed by atoms with Gasteiger partial charge in [-0.3, -0.25) is 0 Å². The summed E-state index contributed by atoms with van der Waals surface area (Å²) in [4.78, 5) is 10.7. The lowest BCUT2D eigenvalue weighted by Gasteiger charge is -2.11. The third-order valence-corrected chi connectivity index (χ3v) is 2.07. The highest BCUT2D eigenvalue weighted by atomic mass is 35.5. The lowest BCUT2D eigenvalue weighted by molar-refractivity contribution is 0.0696. The molecule has 0 bridgehead atoms. The normalized spacial score (nSPS) is 11.7. The van der Waals surface area contributed by atoms with Crippen molar-refractivity contribution in [1.29, 1.82) is 0 Å². The van der Waals surface area contributed by atoms with E-state index in [0.717, 1.165) is 0 Å². The van der Waals surface area contributed by atoms with E-state index >= 15 is 0 Å². The number of carbonyl (C=O) groups is 1. The Morgan fingerprint density at radius 3 is 2.40 bits per heavy atom. The van der Waals surface area contributed by atoms with Gasteiger partial charge in [0.15, 0.2) is 0 Å². The highest BCUT2D eigenvalue weighted by Gasteiger charge is 2.13. The number of aromatic hydroxyl groups is 1. The van der Waals surface area contributed by atoms with Gasteiger partial charge in [-0.2, -0.15) is 0 Å². The first-order valence-corrected chi connectivity index (χ1v) is 4.26. The van der Waals surface area contributed by atoms with Crippen LogP contribution in [0.3, 0.4) is 0 Å². The molecule has 4 N–H and O–H groups in total. The second-order valence-corrected chi connectivity index (χ2v) is 3.32.